The average molecular weight is 413 g/mol. The Bertz CT molecular complexity index is 1100. The van der Waals surface area contributed by atoms with Gasteiger partial charge in [-0.3, -0.25) is 0 Å². The van der Waals surface area contributed by atoms with Crippen LogP contribution in [0, 0.1) is 5.92 Å². The molecular formula is C21H23N3O4S. The first-order chi connectivity index (χ1) is 14.0. The molecule has 0 aliphatic carbocycles. The summed E-state index contributed by atoms with van der Waals surface area (Å²) in [6, 6.07) is 14.4. The second kappa shape index (κ2) is 7.98. The lowest BCUT2D eigenvalue weighted by molar-refractivity contribution is 0.185. The number of methoxy groups -OCH3 is 1. The van der Waals surface area contributed by atoms with Crippen LogP contribution in [-0.4, -0.2) is 38.5 Å². The Kier molecular flexibility index (Phi) is 5.40. The molecule has 29 heavy (non-hydrogen) atoms. The zero-order valence-electron chi connectivity index (χ0n) is 16.1. The SMILES string of the molecule is COc1ccc(-c2ccnn2-c2ccc(S(N)(=O)=O)cc2)cc1CC1CCOC1. The second-order valence-electron chi connectivity index (χ2n) is 7.13. The normalized spacial score (nSPS) is 16.8. The van der Waals surface area contributed by atoms with E-state index in [1.165, 1.54) is 12.1 Å². The molecular weight excluding hydrogens is 390 g/mol. The summed E-state index contributed by atoms with van der Waals surface area (Å²) in [5, 5.41) is 9.60. The first kappa shape index (κ1) is 19.6. The van der Waals surface area contributed by atoms with Crippen molar-refractivity contribution in [3.63, 3.8) is 0 Å². The van der Waals surface area contributed by atoms with Crippen LogP contribution in [-0.2, 0) is 21.2 Å². The molecule has 0 spiro atoms. The summed E-state index contributed by atoms with van der Waals surface area (Å²) in [6.45, 7) is 1.59. The van der Waals surface area contributed by atoms with Crippen molar-refractivity contribution in [2.75, 3.05) is 20.3 Å². The zero-order valence-corrected chi connectivity index (χ0v) is 16.9. The molecule has 0 saturated carbocycles. The van der Waals surface area contributed by atoms with Gasteiger partial charge in [-0.25, -0.2) is 18.2 Å². The van der Waals surface area contributed by atoms with Gasteiger partial charge in [0.25, 0.3) is 0 Å². The number of hydrogen-bond acceptors (Lipinski definition) is 5. The van der Waals surface area contributed by atoms with Crippen molar-refractivity contribution in [3.8, 4) is 22.7 Å². The van der Waals surface area contributed by atoms with Crippen LogP contribution in [0.1, 0.15) is 12.0 Å². The minimum Gasteiger partial charge on any atom is -0.496 e. The number of nitrogens with two attached hydrogens (primary N) is 1. The number of aromatic nitrogens is 2. The van der Waals surface area contributed by atoms with Crippen molar-refractivity contribution in [1.82, 2.24) is 9.78 Å². The molecule has 152 valence electrons. The van der Waals surface area contributed by atoms with Crippen LogP contribution in [0.2, 0.25) is 0 Å². The molecule has 4 rings (SSSR count). The van der Waals surface area contributed by atoms with Gasteiger partial charge in [-0.2, -0.15) is 5.10 Å². The molecule has 0 bridgehead atoms. The standard InChI is InChI=1S/C21H23N3O4S/c1-27-21-7-2-16(13-17(21)12-15-9-11-28-14-15)20-8-10-23-24(20)18-3-5-19(6-4-18)29(22,25)26/h2-8,10,13,15H,9,11-12,14H2,1H3,(H2,22,25,26). The van der Waals surface area contributed by atoms with E-state index in [0.29, 0.717) is 5.92 Å². The van der Waals surface area contributed by atoms with Gasteiger partial charge in [-0.05, 0) is 72.9 Å². The van der Waals surface area contributed by atoms with E-state index >= 15 is 0 Å². The van der Waals surface area contributed by atoms with E-state index in [2.05, 4.69) is 11.2 Å². The smallest absolute Gasteiger partial charge is 0.238 e. The Morgan fingerprint density at radius 3 is 2.66 bits per heavy atom. The van der Waals surface area contributed by atoms with Crippen LogP contribution in [0.15, 0.2) is 59.6 Å². The highest BCUT2D eigenvalue weighted by Crippen LogP contribution is 2.31. The van der Waals surface area contributed by atoms with Crippen molar-refractivity contribution in [2.45, 2.75) is 17.7 Å². The van der Waals surface area contributed by atoms with Crippen molar-refractivity contribution < 1.29 is 17.9 Å². The fourth-order valence-electron chi connectivity index (χ4n) is 3.66. The number of sulfonamides is 1. The van der Waals surface area contributed by atoms with Crippen molar-refractivity contribution in [2.24, 2.45) is 11.1 Å². The minimum absolute atomic E-state index is 0.0699. The van der Waals surface area contributed by atoms with Crippen LogP contribution >= 0.6 is 0 Å². The molecule has 2 N–H and O–H groups in total. The topological polar surface area (TPSA) is 96.4 Å². The highest BCUT2D eigenvalue weighted by Gasteiger charge is 2.19. The molecule has 1 unspecified atom stereocenters. The molecule has 0 amide bonds. The van der Waals surface area contributed by atoms with E-state index < -0.39 is 10.0 Å². The van der Waals surface area contributed by atoms with Crippen LogP contribution in [0.4, 0.5) is 0 Å². The molecule has 2 heterocycles. The molecule has 3 aromatic rings. The Morgan fingerprint density at radius 1 is 1.21 bits per heavy atom. The average Bonchev–Trinajstić information content (AvgIpc) is 3.39. The number of hydrogen-bond donors (Lipinski definition) is 1. The van der Waals surface area contributed by atoms with Crippen LogP contribution in [0.25, 0.3) is 16.9 Å². The lowest BCUT2D eigenvalue weighted by atomic mass is 9.96. The summed E-state index contributed by atoms with van der Waals surface area (Å²) in [6.07, 6.45) is 3.67. The van der Waals surface area contributed by atoms with E-state index in [9.17, 15) is 8.42 Å². The van der Waals surface area contributed by atoms with E-state index in [4.69, 9.17) is 14.6 Å². The van der Waals surface area contributed by atoms with Crippen molar-refractivity contribution >= 4 is 10.0 Å². The van der Waals surface area contributed by atoms with E-state index in [1.807, 2.05) is 18.2 Å². The third kappa shape index (κ3) is 4.19. The molecule has 7 nitrogen and oxygen atoms in total. The lowest BCUT2D eigenvalue weighted by Crippen LogP contribution is -2.12. The van der Waals surface area contributed by atoms with Crippen molar-refractivity contribution in [3.05, 3.63) is 60.3 Å². The summed E-state index contributed by atoms with van der Waals surface area (Å²) in [7, 11) is -2.05. The van der Waals surface area contributed by atoms with Gasteiger partial charge in [0.05, 0.1) is 29.6 Å². The van der Waals surface area contributed by atoms with Crippen LogP contribution in [0.5, 0.6) is 5.75 Å². The maximum atomic E-state index is 11.5. The Morgan fingerprint density at radius 2 is 2.00 bits per heavy atom. The third-order valence-electron chi connectivity index (χ3n) is 5.16. The Labute approximate surface area is 170 Å². The van der Waals surface area contributed by atoms with Crippen LogP contribution in [0.3, 0.4) is 0 Å². The molecule has 8 heteroatoms. The Hall–Kier alpha value is -2.68. The number of nitrogens with zero attached hydrogens (tertiary/aromatic N) is 2. The molecule has 1 aromatic heterocycles. The number of rotatable bonds is 6. The summed E-state index contributed by atoms with van der Waals surface area (Å²) < 4.78 is 35.8. The molecule has 1 aliphatic heterocycles. The van der Waals surface area contributed by atoms with Crippen LogP contribution < -0.4 is 9.88 Å². The molecule has 0 radical (unpaired) electrons. The lowest BCUT2D eigenvalue weighted by Gasteiger charge is -2.15. The van der Waals surface area contributed by atoms with Gasteiger partial charge >= 0.3 is 0 Å². The maximum absolute atomic E-state index is 11.5. The summed E-state index contributed by atoms with van der Waals surface area (Å²) in [4.78, 5) is 0.0699. The minimum atomic E-state index is -3.73. The monoisotopic (exact) mass is 413 g/mol. The van der Waals surface area contributed by atoms with Gasteiger partial charge in [0.2, 0.25) is 10.0 Å². The summed E-state index contributed by atoms with van der Waals surface area (Å²) in [5.74, 6) is 1.36. The fourth-order valence-corrected chi connectivity index (χ4v) is 4.17. The molecule has 1 fully saturated rings. The molecule has 1 saturated heterocycles. The first-order valence-corrected chi connectivity index (χ1v) is 10.9. The summed E-state index contributed by atoms with van der Waals surface area (Å²) in [5.41, 5.74) is 3.80. The Balaban J connectivity index is 1.68. The second-order valence-corrected chi connectivity index (χ2v) is 8.69. The third-order valence-corrected chi connectivity index (χ3v) is 6.09. The highest BCUT2D eigenvalue weighted by molar-refractivity contribution is 7.89. The van der Waals surface area contributed by atoms with Gasteiger partial charge in [0.1, 0.15) is 5.75 Å². The van der Waals surface area contributed by atoms with Gasteiger partial charge in [0.15, 0.2) is 0 Å². The molecule has 1 atom stereocenters. The highest BCUT2D eigenvalue weighted by atomic mass is 32.2. The predicted octanol–water partition coefficient (Wildman–Crippen LogP) is 2.77. The quantitative estimate of drug-likeness (QED) is 0.670. The fraction of sp³-hybridized carbons (Fsp3) is 0.286. The van der Waals surface area contributed by atoms with E-state index in [0.717, 1.165) is 54.3 Å². The van der Waals surface area contributed by atoms with Gasteiger partial charge in [0, 0.05) is 18.8 Å². The number of benzene rings is 2. The number of ether oxygens (including phenoxy) is 2. The first-order valence-electron chi connectivity index (χ1n) is 9.38. The van der Waals surface area contributed by atoms with Gasteiger partial charge < -0.3 is 9.47 Å². The van der Waals surface area contributed by atoms with E-state index in [-0.39, 0.29) is 4.90 Å². The van der Waals surface area contributed by atoms with Crippen molar-refractivity contribution in [1.29, 1.82) is 0 Å². The van der Waals surface area contributed by atoms with Gasteiger partial charge in [-0.15, -0.1) is 0 Å². The summed E-state index contributed by atoms with van der Waals surface area (Å²) >= 11 is 0. The molecule has 1 aliphatic rings. The largest absolute Gasteiger partial charge is 0.496 e. The zero-order chi connectivity index (χ0) is 20.4. The van der Waals surface area contributed by atoms with Gasteiger partial charge in [-0.1, -0.05) is 0 Å². The number of primary sulfonamides is 1. The maximum Gasteiger partial charge on any atom is 0.238 e. The van der Waals surface area contributed by atoms with E-state index in [1.54, 1.807) is 30.1 Å². The molecule has 2 aromatic carbocycles. The predicted molar refractivity (Wildman–Crippen MR) is 110 cm³/mol.